The van der Waals surface area contributed by atoms with Crippen LogP contribution in [0.25, 0.3) is 11.3 Å². The Bertz CT molecular complexity index is 1010. The van der Waals surface area contributed by atoms with Gasteiger partial charge in [-0.1, -0.05) is 25.0 Å². The number of ether oxygens (including phenoxy) is 2. The standard InChI is InChI=1S/C24H31N3O6/c1-5-32-22(30)19-18(15-10-12-16(13-11-15)21(28)29)25-20(26-19)17-9-7-6-8-14-27(17)23(31)33-24(2,3)4/h10-13,17H,5-9,14H2,1-4H3,(H,25,26)(H,28,29)/t17-/m0/s1. The number of hydrogen-bond donors (Lipinski definition) is 2. The quantitative estimate of drug-likeness (QED) is 0.618. The number of aromatic amines is 1. The molecule has 33 heavy (non-hydrogen) atoms. The Kier molecular flexibility index (Phi) is 7.40. The number of esters is 1. The molecular formula is C24H31N3O6. The molecular weight excluding hydrogens is 426 g/mol. The zero-order valence-corrected chi connectivity index (χ0v) is 19.5. The van der Waals surface area contributed by atoms with Crippen molar-refractivity contribution in [2.75, 3.05) is 13.2 Å². The maximum atomic E-state index is 13.0. The van der Waals surface area contributed by atoms with Crippen LogP contribution in [0, 0.1) is 0 Å². The average molecular weight is 458 g/mol. The predicted molar refractivity (Wildman–Crippen MR) is 121 cm³/mol. The van der Waals surface area contributed by atoms with E-state index in [-0.39, 0.29) is 23.9 Å². The third kappa shape index (κ3) is 5.91. The van der Waals surface area contributed by atoms with Crippen LogP contribution >= 0.6 is 0 Å². The highest BCUT2D eigenvalue weighted by atomic mass is 16.6. The Morgan fingerprint density at radius 3 is 2.45 bits per heavy atom. The molecule has 1 fully saturated rings. The Morgan fingerprint density at radius 2 is 1.85 bits per heavy atom. The largest absolute Gasteiger partial charge is 0.478 e. The van der Waals surface area contributed by atoms with Crippen LogP contribution in [-0.2, 0) is 9.47 Å². The maximum Gasteiger partial charge on any atom is 0.410 e. The number of aromatic carboxylic acids is 1. The molecule has 0 bridgehead atoms. The van der Waals surface area contributed by atoms with Crippen molar-refractivity contribution < 1.29 is 29.0 Å². The third-order valence-electron chi connectivity index (χ3n) is 5.30. The molecule has 0 unspecified atom stereocenters. The molecule has 1 aliphatic heterocycles. The number of imidazole rings is 1. The number of aromatic nitrogens is 2. The summed E-state index contributed by atoms with van der Waals surface area (Å²) in [6, 6.07) is 5.73. The Morgan fingerprint density at radius 1 is 1.15 bits per heavy atom. The molecule has 9 heteroatoms. The smallest absolute Gasteiger partial charge is 0.410 e. The van der Waals surface area contributed by atoms with Gasteiger partial charge in [-0.15, -0.1) is 0 Å². The molecule has 1 aromatic heterocycles. The van der Waals surface area contributed by atoms with Crippen molar-refractivity contribution >= 4 is 18.0 Å². The van der Waals surface area contributed by atoms with Crippen molar-refractivity contribution in [1.29, 1.82) is 0 Å². The van der Waals surface area contributed by atoms with Crippen LogP contribution in [0.15, 0.2) is 24.3 Å². The van der Waals surface area contributed by atoms with Crippen molar-refractivity contribution in [3.63, 3.8) is 0 Å². The summed E-state index contributed by atoms with van der Waals surface area (Å²) in [5.74, 6) is -1.13. The molecule has 3 rings (SSSR count). The van der Waals surface area contributed by atoms with Crippen LogP contribution in [-0.4, -0.2) is 56.8 Å². The highest BCUT2D eigenvalue weighted by Gasteiger charge is 2.34. The number of carbonyl (C=O) groups excluding carboxylic acids is 2. The van der Waals surface area contributed by atoms with Gasteiger partial charge in [0, 0.05) is 12.1 Å². The normalized spacial score (nSPS) is 16.7. The zero-order valence-electron chi connectivity index (χ0n) is 19.5. The lowest BCUT2D eigenvalue weighted by atomic mass is 10.1. The van der Waals surface area contributed by atoms with Gasteiger partial charge < -0.3 is 19.6 Å². The molecule has 0 spiro atoms. The number of amides is 1. The van der Waals surface area contributed by atoms with Crippen LogP contribution in [0.3, 0.4) is 0 Å². The Labute approximate surface area is 193 Å². The van der Waals surface area contributed by atoms with Gasteiger partial charge in [0.1, 0.15) is 17.1 Å². The van der Waals surface area contributed by atoms with Crippen LogP contribution in [0.2, 0.25) is 0 Å². The first kappa shape index (κ1) is 24.3. The van der Waals surface area contributed by atoms with Gasteiger partial charge in [-0.2, -0.15) is 0 Å². The minimum absolute atomic E-state index is 0.132. The summed E-state index contributed by atoms with van der Waals surface area (Å²) in [6.45, 7) is 7.90. The maximum absolute atomic E-state index is 13.0. The minimum Gasteiger partial charge on any atom is -0.478 e. The highest BCUT2D eigenvalue weighted by Crippen LogP contribution is 2.33. The highest BCUT2D eigenvalue weighted by molar-refractivity contribution is 5.95. The molecule has 1 aromatic carbocycles. The molecule has 2 N–H and O–H groups in total. The van der Waals surface area contributed by atoms with Crippen LogP contribution in [0.1, 0.15) is 86.1 Å². The topological polar surface area (TPSA) is 122 Å². The molecule has 178 valence electrons. The number of carbonyl (C=O) groups is 3. The Balaban J connectivity index is 2.03. The molecule has 0 saturated carbocycles. The molecule has 1 amide bonds. The lowest BCUT2D eigenvalue weighted by molar-refractivity contribution is 0.0155. The number of nitrogens with one attached hydrogen (secondary N) is 1. The molecule has 1 atom stereocenters. The van der Waals surface area contributed by atoms with Gasteiger partial charge in [-0.25, -0.2) is 19.4 Å². The minimum atomic E-state index is -1.04. The van der Waals surface area contributed by atoms with Gasteiger partial charge in [0.05, 0.1) is 18.2 Å². The number of carboxylic acid groups (broad SMARTS) is 1. The van der Waals surface area contributed by atoms with Crippen molar-refractivity contribution in [2.45, 2.75) is 65.0 Å². The molecule has 9 nitrogen and oxygen atoms in total. The monoisotopic (exact) mass is 457 g/mol. The number of hydrogen-bond acceptors (Lipinski definition) is 6. The van der Waals surface area contributed by atoms with Gasteiger partial charge >= 0.3 is 18.0 Å². The summed E-state index contributed by atoms with van der Waals surface area (Å²) >= 11 is 0. The summed E-state index contributed by atoms with van der Waals surface area (Å²) < 4.78 is 10.8. The Hall–Kier alpha value is -3.36. The number of benzene rings is 1. The number of nitrogens with zero attached hydrogens (tertiary/aromatic N) is 2. The first-order valence-electron chi connectivity index (χ1n) is 11.2. The summed E-state index contributed by atoms with van der Waals surface area (Å²) in [7, 11) is 0. The molecule has 1 saturated heterocycles. The first-order chi connectivity index (χ1) is 15.6. The number of H-pyrrole nitrogens is 1. The second-order valence-electron chi connectivity index (χ2n) is 8.99. The van der Waals surface area contributed by atoms with Crippen molar-refractivity contribution in [2.24, 2.45) is 0 Å². The van der Waals surface area contributed by atoms with E-state index in [0.29, 0.717) is 30.0 Å². The van der Waals surface area contributed by atoms with E-state index in [2.05, 4.69) is 4.98 Å². The zero-order chi connectivity index (χ0) is 24.2. The molecule has 1 aliphatic rings. The van der Waals surface area contributed by atoms with Gasteiger partial charge in [0.15, 0.2) is 5.69 Å². The van der Waals surface area contributed by atoms with E-state index in [9.17, 15) is 19.5 Å². The van der Waals surface area contributed by atoms with Crippen LogP contribution in [0.4, 0.5) is 4.79 Å². The van der Waals surface area contributed by atoms with E-state index >= 15 is 0 Å². The van der Waals surface area contributed by atoms with Gasteiger partial charge in [-0.3, -0.25) is 4.90 Å². The predicted octanol–water partition coefficient (Wildman–Crippen LogP) is 4.80. The first-order valence-corrected chi connectivity index (χ1v) is 11.2. The third-order valence-corrected chi connectivity index (χ3v) is 5.30. The van der Waals surface area contributed by atoms with Gasteiger partial charge in [-0.05, 0) is 52.7 Å². The second-order valence-corrected chi connectivity index (χ2v) is 8.99. The number of carboxylic acids is 1. The lowest BCUT2D eigenvalue weighted by Gasteiger charge is -2.31. The SMILES string of the molecule is CCOC(=O)c1[nH]c([C@@H]2CCCCCN2C(=O)OC(C)(C)C)nc1-c1ccc(C(=O)O)cc1. The summed E-state index contributed by atoms with van der Waals surface area (Å²) in [6.07, 6.45) is 2.99. The summed E-state index contributed by atoms with van der Waals surface area (Å²) in [4.78, 5) is 46.3. The second kappa shape index (κ2) is 10.1. The fourth-order valence-corrected chi connectivity index (χ4v) is 3.81. The van der Waals surface area contributed by atoms with Crippen LogP contribution < -0.4 is 0 Å². The molecule has 2 heterocycles. The average Bonchev–Trinajstić information content (AvgIpc) is 3.03. The summed E-state index contributed by atoms with van der Waals surface area (Å²) in [5.41, 5.74) is 0.594. The van der Waals surface area contributed by atoms with Gasteiger partial charge in [0.2, 0.25) is 0 Å². The van der Waals surface area contributed by atoms with E-state index in [0.717, 1.165) is 19.3 Å². The molecule has 0 aliphatic carbocycles. The van der Waals surface area contributed by atoms with E-state index in [1.54, 1.807) is 24.0 Å². The van der Waals surface area contributed by atoms with Crippen molar-refractivity contribution in [3.05, 3.63) is 41.3 Å². The van der Waals surface area contributed by atoms with E-state index in [4.69, 9.17) is 14.5 Å². The van der Waals surface area contributed by atoms with Gasteiger partial charge in [0.25, 0.3) is 0 Å². The van der Waals surface area contributed by atoms with Crippen LogP contribution in [0.5, 0.6) is 0 Å². The fraction of sp³-hybridized carbons (Fsp3) is 0.500. The molecule has 2 aromatic rings. The van der Waals surface area contributed by atoms with E-state index < -0.39 is 23.6 Å². The van der Waals surface area contributed by atoms with E-state index in [1.807, 2.05) is 20.8 Å². The fourth-order valence-electron chi connectivity index (χ4n) is 3.81. The van der Waals surface area contributed by atoms with E-state index in [1.165, 1.54) is 12.1 Å². The van der Waals surface area contributed by atoms with Crippen molar-refractivity contribution in [3.8, 4) is 11.3 Å². The number of likely N-dealkylation sites (tertiary alicyclic amines) is 1. The lowest BCUT2D eigenvalue weighted by Crippen LogP contribution is -2.39. The summed E-state index contributed by atoms with van der Waals surface area (Å²) in [5, 5.41) is 9.18. The number of rotatable bonds is 5. The van der Waals surface area contributed by atoms with Crippen molar-refractivity contribution in [1.82, 2.24) is 14.9 Å². The molecule has 0 radical (unpaired) electrons.